The van der Waals surface area contributed by atoms with Crippen LogP contribution in [-0.2, 0) is 6.54 Å². The van der Waals surface area contributed by atoms with Gasteiger partial charge in [-0.15, -0.1) is 0 Å². The summed E-state index contributed by atoms with van der Waals surface area (Å²) < 4.78 is 24.2. The number of likely N-dealkylation sites (N-methyl/N-ethyl adjacent to an activating group) is 1. The Labute approximate surface area is 99.8 Å². The van der Waals surface area contributed by atoms with Crippen molar-refractivity contribution in [3.8, 4) is 0 Å². The molecule has 1 aromatic rings. The lowest BCUT2D eigenvalue weighted by molar-refractivity contribution is 0.0680. The van der Waals surface area contributed by atoms with Gasteiger partial charge in [0.05, 0.1) is 12.6 Å². The van der Waals surface area contributed by atoms with Crippen molar-refractivity contribution in [1.29, 1.82) is 0 Å². The van der Waals surface area contributed by atoms with Gasteiger partial charge in [0.2, 0.25) is 0 Å². The Morgan fingerprint density at radius 3 is 2.29 bits per heavy atom. The van der Waals surface area contributed by atoms with E-state index in [1.807, 2.05) is 12.1 Å². The molecule has 0 fully saturated rings. The predicted molar refractivity (Wildman–Crippen MR) is 62.8 cm³/mol. The molecule has 1 aromatic carbocycles. The Hall–Kier alpha value is -1.04. The van der Waals surface area contributed by atoms with Gasteiger partial charge in [-0.05, 0) is 18.2 Å². The molecule has 0 aromatic heterocycles. The summed E-state index contributed by atoms with van der Waals surface area (Å²) in [6.45, 7) is 0.298. The quantitative estimate of drug-likeness (QED) is 0.794. The number of aliphatic hydroxyl groups is 1. The molecule has 0 aliphatic rings. The van der Waals surface area contributed by atoms with Gasteiger partial charge in [-0.2, -0.15) is 0 Å². The van der Waals surface area contributed by atoms with E-state index in [0.717, 1.165) is 5.56 Å². The molecule has 0 spiro atoms. The number of hydrogen-bond donors (Lipinski definition) is 2. The summed E-state index contributed by atoms with van der Waals surface area (Å²) in [6.07, 6.45) is -3.14. The zero-order valence-corrected chi connectivity index (χ0v) is 9.81. The Kier molecular flexibility index (Phi) is 5.47. The second kappa shape index (κ2) is 6.64. The lowest BCUT2D eigenvalue weighted by Crippen LogP contribution is -2.29. The van der Waals surface area contributed by atoms with Crippen LogP contribution in [0, 0.1) is 0 Å². The third-order valence-electron chi connectivity index (χ3n) is 2.53. The number of alkyl halides is 2. The Morgan fingerprint density at radius 2 is 1.82 bits per heavy atom. The first-order chi connectivity index (χ1) is 8.02. The summed E-state index contributed by atoms with van der Waals surface area (Å²) in [5, 5.41) is 9.85. The van der Waals surface area contributed by atoms with Crippen molar-refractivity contribution < 1.29 is 13.9 Å². The highest BCUT2D eigenvalue weighted by Crippen LogP contribution is 2.15. The van der Waals surface area contributed by atoms with Crippen molar-refractivity contribution in [2.45, 2.75) is 19.1 Å². The van der Waals surface area contributed by atoms with Crippen LogP contribution >= 0.6 is 0 Å². The first kappa shape index (κ1) is 14.0. The average molecular weight is 244 g/mol. The van der Waals surface area contributed by atoms with E-state index in [9.17, 15) is 13.9 Å². The van der Waals surface area contributed by atoms with Crippen molar-refractivity contribution in [2.24, 2.45) is 5.73 Å². The number of nitrogens with two attached hydrogens (primary N) is 1. The molecular weight excluding hydrogens is 226 g/mol. The van der Waals surface area contributed by atoms with Crippen LogP contribution < -0.4 is 5.73 Å². The number of halogens is 2. The lowest BCUT2D eigenvalue weighted by atomic mass is 10.1. The van der Waals surface area contributed by atoms with Crippen molar-refractivity contribution in [3.63, 3.8) is 0 Å². The largest absolute Gasteiger partial charge is 0.387 e. The Morgan fingerprint density at radius 1 is 1.24 bits per heavy atom. The van der Waals surface area contributed by atoms with Crippen molar-refractivity contribution in [1.82, 2.24) is 4.90 Å². The van der Waals surface area contributed by atoms with Gasteiger partial charge in [0.15, 0.2) is 0 Å². The fourth-order valence-electron chi connectivity index (χ4n) is 1.59. The standard InChI is InChI=1S/C12H18F2N2O/c1-16(8-12(13)14)7-11(17)10-4-2-9(6-15)3-5-10/h2-5,11-12,17H,6-8,15H2,1H3. The highest BCUT2D eigenvalue weighted by Gasteiger charge is 2.13. The molecule has 17 heavy (non-hydrogen) atoms. The van der Waals surface area contributed by atoms with Gasteiger partial charge in [-0.25, -0.2) is 8.78 Å². The van der Waals surface area contributed by atoms with Crippen LogP contribution in [-0.4, -0.2) is 36.6 Å². The molecule has 0 saturated carbocycles. The minimum absolute atomic E-state index is 0.187. The highest BCUT2D eigenvalue weighted by atomic mass is 19.3. The monoisotopic (exact) mass is 244 g/mol. The summed E-state index contributed by atoms with van der Waals surface area (Å²) in [5.74, 6) is 0. The lowest BCUT2D eigenvalue weighted by Gasteiger charge is -2.20. The molecule has 1 rings (SSSR count). The molecule has 0 bridgehead atoms. The number of hydrogen-bond acceptors (Lipinski definition) is 3. The van der Waals surface area contributed by atoms with Gasteiger partial charge in [0.1, 0.15) is 0 Å². The second-order valence-electron chi connectivity index (χ2n) is 4.07. The van der Waals surface area contributed by atoms with Gasteiger partial charge >= 0.3 is 0 Å². The molecule has 5 heteroatoms. The molecule has 0 heterocycles. The minimum Gasteiger partial charge on any atom is -0.387 e. The molecule has 0 amide bonds. The molecule has 96 valence electrons. The summed E-state index contributed by atoms with van der Waals surface area (Å²) >= 11 is 0. The van der Waals surface area contributed by atoms with E-state index in [2.05, 4.69) is 0 Å². The molecular formula is C12H18F2N2O. The number of rotatable bonds is 6. The predicted octanol–water partition coefficient (Wildman–Crippen LogP) is 1.38. The zero-order chi connectivity index (χ0) is 12.8. The van der Waals surface area contributed by atoms with Gasteiger partial charge in [0, 0.05) is 13.1 Å². The molecule has 3 nitrogen and oxygen atoms in total. The first-order valence-electron chi connectivity index (χ1n) is 5.46. The highest BCUT2D eigenvalue weighted by molar-refractivity contribution is 5.24. The van der Waals surface area contributed by atoms with Gasteiger partial charge in [-0.3, -0.25) is 4.90 Å². The maximum atomic E-state index is 12.1. The maximum absolute atomic E-state index is 12.1. The summed E-state index contributed by atoms with van der Waals surface area (Å²) in [4.78, 5) is 1.41. The van der Waals surface area contributed by atoms with Crippen LogP contribution in [0.15, 0.2) is 24.3 Å². The third kappa shape index (κ3) is 4.77. The van der Waals surface area contributed by atoms with E-state index in [0.29, 0.717) is 12.1 Å². The van der Waals surface area contributed by atoms with Crippen molar-refractivity contribution in [3.05, 3.63) is 35.4 Å². The van der Waals surface area contributed by atoms with E-state index in [1.165, 1.54) is 4.90 Å². The third-order valence-corrected chi connectivity index (χ3v) is 2.53. The molecule has 0 aliphatic heterocycles. The van der Waals surface area contributed by atoms with Crippen LogP contribution in [0.25, 0.3) is 0 Å². The van der Waals surface area contributed by atoms with Crippen LogP contribution in [0.1, 0.15) is 17.2 Å². The minimum atomic E-state index is -2.38. The first-order valence-corrected chi connectivity index (χ1v) is 5.46. The number of benzene rings is 1. The van der Waals surface area contributed by atoms with Crippen molar-refractivity contribution in [2.75, 3.05) is 20.1 Å². The fourth-order valence-corrected chi connectivity index (χ4v) is 1.59. The van der Waals surface area contributed by atoms with Crippen LogP contribution in [0.3, 0.4) is 0 Å². The maximum Gasteiger partial charge on any atom is 0.251 e. The Bertz CT molecular complexity index is 330. The summed E-state index contributed by atoms with van der Waals surface area (Å²) in [5.41, 5.74) is 7.14. The van der Waals surface area contributed by atoms with E-state index in [1.54, 1.807) is 19.2 Å². The number of nitrogens with zero attached hydrogens (tertiary/aromatic N) is 1. The van der Waals surface area contributed by atoms with E-state index < -0.39 is 12.5 Å². The van der Waals surface area contributed by atoms with E-state index in [-0.39, 0.29) is 13.1 Å². The van der Waals surface area contributed by atoms with Crippen LogP contribution in [0.5, 0.6) is 0 Å². The molecule has 0 saturated heterocycles. The molecule has 0 radical (unpaired) electrons. The number of aliphatic hydroxyl groups excluding tert-OH is 1. The normalized spacial score (nSPS) is 13.4. The fraction of sp³-hybridized carbons (Fsp3) is 0.500. The van der Waals surface area contributed by atoms with Crippen LogP contribution in [0.4, 0.5) is 8.78 Å². The summed E-state index contributed by atoms with van der Waals surface area (Å²) in [6, 6.07) is 7.18. The zero-order valence-electron chi connectivity index (χ0n) is 9.81. The molecule has 1 unspecified atom stereocenters. The summed E-state index contributed by atoms with van der Waals surface area (Å²) in [7, 11) is 1.56. The van der Waals surface area contributed by atoms with Gasteiger partial charge in [0.25, 0.3) is 6.43 Å². The van der Waals surface area contributed by atoms with E-state index >= 15 is 0 Å². The smallest absolute Gasteiger partial charge is 0.251 e. The van der Waals surface area contributed by atoms with Gasteiger partial charge in [-0.1, -0.05) is 24.3 Å². The van der Waals surface area contributed by atoms with Crippen LogP contribution in [0.2, 0.25) is 0 Å². The van der Waals surface area contributed by atoms with Crippen molar-refractivity contribution >= 4 is 0 Å². The average Bonchev–Trinajstić information content (AvgIpc) is 2.28. The SMILES string of the molecule is CN(CC(F)F)CC(O)c1ccc(CN)cc1. The molecule has 1 atom stereocenters. The van der Waals surface area contributed by atoms with Gasteiger partial charge < -0.3 is 10.8 Å². The second-order valence-corrected chi connectivity index (χ2v) is 4.07. The van der Waals surface area contributed by atoms with E-state index in [4.69, 9.17) is 5.73 Å². The molecule has 3 N–H and O–H groups in total. The Balaban J connectivity index is 2.53. The topological polar surface area (TPSA) is 49.5 Å². The molecule has 0 aliphatic carbocycles.